The zero-order chi connectivity index (χ0) is 77.3. The van der Waals surface area contributed by atoms with Gasteiger partial charge in [0.15, 0.2) is 0 Å². The Morgan fingerprint density at radius 3 is 0.684 bits per heavy atom. The molecule has 0 spiro atoms. The van der Waals surface area contributed by atoms with Crippen LogP contribution in [0, 0.1) is 27.7 Å². The predicted molar refractivity (Wildman–Crippen MR) is 477 cm³/mol. The van der Waals surface area contributed by atoms with E-state index in [1.165, 1.54) is 228 Å². The lowest BCUT2D eigenvalue weighted by atomic mass is 9.61. The van der Waals surface area contributed by atoms with Crippen molar-refractivity contribution in [2.45, 2.75) is 230 Å². The van der Waals surface area contributed by atoms with E-state index < -0.39 is 0 Å². The largest absolute Gasteiger partial charge is 0.334 e. The number of aromatic nitrogens is 4. The molecule has 8 atom stereocenters. The molecule has 4 aromatic heterocycles. The summed E-state index contributed by atoms with van der Waals surface area (Å²) in [6.07, 6.45) is 27.0. The number of aryl methyl sites for hydroxylation is 4. The number of rotatable bonds is 8. The van der Waals surface area contributed by atoms with Gasteiger partial charge in [-0.25, -0.2) is 0 Å². The molecule has 8 aliphatic rings. The fraction of sp³-hybridized carbons (Fsp3) is 0.340. The maximum absolute atomic E-state index is 4.72. The number of hydrogen-bond donors (Lipinski definition) is 0. The monoisotopic (exact) mass is 1490 g/mol. The van der Waals surface area contributed by atoms with Crippen molar-refractivity contribution in [1.82, 2.24) is 19.9 Å². The van der Waals surface area contributed by atoms with E-state index >= 15 is 0 Å². The molecule has 114 heavy (non-hydrogen) atoms. The van der Waals surface area contributed by atoms with E-state index in [-0.39, 0.29) is 43.8 Å². The second kappa shape index (κ2) is 23.5. The van der Waals surface area contributed by atoms with Crippen LogP contribution in [0.1, 0.15) is 203 Å². The highest BCUT2D eigenvalue weighted by Crippen LogP contribution is 2.67. The average molecular weight is 1490 g/mol. The first-order valence-corrected chi connectivity index (χ1v) is 43.0. The minimum absolute atomic E-state index is 0.0680. The Balaban J connectivity index is 0.758. The Morgan fingerprint density at radius 1 is 0.228 bits per heavy atom. The van der Waals surface area contributed by atoms with Gasteiger partial charge in [0.1, 0.15) is 0 Å². The summed E-state index contributed by atoms with van der Waals surface area (Å²) in [5, 5.41) is 16.0. The van der Waals surface area contributed by atoms with Crippen LogP contribution in [-0.2, 0) is 21.7 Å². The lowest BCUT2D eigenvalue weighted by molar-refractivity contribution is 0.195. The molecule has 0 bridgehead atoms. The van der Waals surface area contributed by atoms with Crippen LogP contribution in [0.15, 0.2) is 207 Å². The molecule has 8 heterocycles. The van der Waals surface area contributed by atoms with Crippen molar-refractivity contribution in [3.63, 3.8) is 0 Å². The van der Waals surface area contributed by atoms with Gasteiger partial charge in [-0.2, -0.15) is 0 Å². The SMILES string of the molecule is Cc1cc(N2c3ccc(-c4ccc5c6cc7c(cc6c6ccc(-c8ccc9c(c8)C8(C)CCCCC8(C)N9c8ccnc(C)c8)c4c56)c4ccc(-c5ccc6c(c5)C5(C)CCCCC5(C)N6c5ccnc(C)c5)c5c(-c6ccc8c(c6)C6(C)CCCCC6(C)N8c6ccnc(C)c6)ccc7c54)cc3C3(C)CCCCC23C)ccn1. The standard InChI is InChI=1S/C106H102N8/c1-63-53-71(37-49-107-63)111-91-33-21-67(57-87(91)99(5)41-13-17-45-103(99,111)9)75-25-29-79-83-61-85-81-31-27-77(69-23-35-93-89(59-69)101(7)43-15-19-47-105(101,11)113(93)73-39-51-109-65(3)55-73)96-78(70-24-36-94-90(60-70)102(8)44-16-20-48-106(102,12)114(94)74-40-52-110-66(4)56-74)28-32-82(98(81)96)86(85)62-84(83)80-30-26-76(95(75)97(79)80)68-22-34-92-88(58-68)100(6)42-14-18-46-104(100,10)112(92)72-38-50-108-64(2)54-72/h21-40,49-62H,13-20,41-48H2,1-12H3. The normalized spacial score (nSPS) is 26.8. The topological polar surface area (TPSA) is 64.5 Å². The summed E-state index contributed by atoms with van der Waals surface area (Å²) in [5.41, 5.74) is 30.1. The van der Waals surface area contributed by atoms with Gasteiger partial charge in [-0.05, 0) is 347 Å². The summed E-state index contributed by atoms with van der Waals surface area (Å²) < 4.78 is 0. The van der Waals surface area contributed by atoms with Crippen molar-refractivity contribution >= 4 is 110 Å². The second-order valence-corrected chi connectivity index (χ2v) is 38.2. The molecule has 4 saturated carbocycles. The molecule has 23 rings (SSSR count). The molecule has 8 nitrogen and oxygen atoms in total. The molecular formula is C106H102N8. The van der Waals surface area contributed by atoms with Crippen molar-refractivity contribution in [2.24, 2.45) is 0 Å². The van der Waals surface area contributed by atoms with Gasteiger partial charge in [0.2, 0.25) is 0 Å². The maximum Gasteiger partial charge on any atom is 0.0517 e. The van der Waals surface area contributed by atoms with Gasteiger partial charge in [0, 0.05) is 115 Å². The highest BCUT2D eigenvalue weighted by molar-refractivity contribution is 6.40. The lowest BCUT2D eigenvalue weighted by Crippen LogP contribution is -2.54. The quantitative estimate of drug-likeness (QED) is 0.149. The molecule has 4 aliphatic carbocycles. The van der Waals surface area contributed by atoms with E-state index in [1.807, 2.05) is 24.8 Å². The number of anilines is 8. The number of fused-ring (bicyclic) bond motifs is 18. The molecule has 11 aromatic carbocycles. The van der Waals surface area contributed by atoms with Crippen LogP contribution in [0.25, 0.3) is 109 Å². The van der Waals surface area contributed by atoms with E-state index in [0.717, 1.165) is 74.1 Å². The molecular weight excluding hydrogens is 1390 g/mol. The smallest absolute Gasteiger partial charge is 0.0517 e. The Morgan fingerprint density at radius 2 is 0.456 bits per heavy atom. The fourth-order valence-corrected chi connectivity index (χ4v) is 26.2. The summed E-state index contributed by atoms with van der Waals surface area (Å²) in [6, 6.07) is 74.1. The fourth-order valence-electron chi connectivity index (χ4n) is 26.2. The van der Waals surface area contributed by atoms with Gasteiger partial charge in [-0.1, -0.05) is 152 Å². The van der Waals surface area contributed by atoms with Crippen molar-refractivity contribution in [1.29, 1.82) is 0 Å². The Kier molecular flexibility index (Phi) is 14.2. The molecule has 8 unspecified atom stereocenters. The highest BCUT2D eigenvalue weighted by Gasteiger charge is 2.62. The lowest BCUT2D eigenvalue weighted by Gasteiger charge is -2.50. The van der Waals surface area contributed by atoms with E-state index in [0.29, 0.717) is 0 Å². The van der Waals surface area contributed by atoms with Gasteiger partial charge in [0.25, 0.3) is 0 Å². The van der Waals surface area contributed by atoms with Crippen LogP contribution in [0.3, 0.4) is 0 Å². The third-order valence-electron chi connectivity index (χ3n) is 32.9. The molecule has 0 amide bonds. The first kappa shape index (κ1) is 68.9. The summed E-state index contributed by atoms with van der Waals surface area (Å²) >= 11 is 0. The number of pyridine rings is 4. The van der Waals surface area contributed by atoms with Gasteiger partial charge in [-0.15, -0.1) is 0 Å². The van der Waals surface area contributed by atoms with E-state index in [4.69, 9.17) is 19.9 Å². The van der Waals surface area contributed by atoms with Crippen LogP contribution >= 0.6 is 0 Å². The van der Waals surface area contributed by atoms with Crippen LogP contribution in [0.5, 0.6) is 0 Å². The minimum atomic E-state index is -0.0981. The molecule has 0 radical (unpaired) electrons. The van der Waals surface area contributed by atoms with E-state index in [2.05, 4.69) is 285 Å². The highest BCUT2D eigenvalue weighted by atomic mass is 15.3. The van der Waals surface area contributed by atoms with Gasteiger partial charge < -0.3 is 19.6 Å². The van der Waals surface area contributed by atoms with Crippen LogP contribution in [-0.4, -0.2) is 42.1 Å². The summed E-state index contributed by atoms with van der Waals surface area (Å²) in [6.45, 7) is 29.1. The first-order valence-electron chi connectivity index (χ1n) is 43.0. The zero-order valence-electron chi connectivity index (χ0n) is 68.5. The summed E-state index contributed by atoms with van der Waals surface area (Å²) in [7, 11) is 0. The van der Waals surface area contributed by atoms with Gasteiger partial charge in [-0.3, -0.25) is 19.9 Å². The minimum Gasteiger partial charge on any atom is -0.334 e. The summed E-state index contributed by atoms with van der Waals surface area (Å²) in [5.74, 6) is 0. The Bertz CT molecular complexity index is 5890. The molecule has 15 aromatic rings. The average Bonchev–Trinajstić information content (AvgIpc) is 1.53. The molecule has 566 valence electrons. The third kappa shape index (κ3) is 8.75. The van der Waals surface area contributed by atoms with E-state index in [1.54, 1.807) is 0 Å². The number of benzene rings is 9. The van der Waals surface area contributed by atoms with Crippen molar-refractivity contribution in [3.05, 3.63) is 252 Å². The Hall–Kier alpha value is -10.7. The van der Waals surface area contributed by atoms with Gasteiger partial charge >= 0.3 is 0 Å². The third-order valence-corrected chi connectivity index (χ3v) is 32.9. The zero-order valence-corrected chi connectivity index (χ0v) is 68.5. The van der Waals surface area contributed by atoms with Crippen molar-refractivity contribution in [2.75, 3.05) is 19.6 Å². The predicted octanol–water partition coefficient (Wildman–Crippen LogP) is 27.9. The number of hydrogen-bond acceptors (Lipinski definition) is 8. The van der Waals surface area contributed by atoms with E-state index in [9.17, 15) is 0 Å². The summed E-state index contributed by atoms with van der Waals surface area (Å²) in [4.78, 5) is 29.7. The van der Waals surface area contributed by atoms with Crippen LogP contribution < -0.4 is 19.6 Å². The Labute approximate surface area is 671 Å². The molecule has 4 fully saturated rings. The second-order valence-electron chi connectivity index (χ2n) is 38.2. The molecule has 0 saturated heterocycles. The molecule has 0 N–H and O–H groups in total. The number of nitrogens with zero attached hydrogens (tertiary/aromatic N) is 8. The van der Waals surface area contributed by atoms with Crippen LogP contribution in [0.4, 0.5) is 45.5 Å². The molecule has 8 heteroatoms. The van der Waals surface area contributed by atoms with Gasteiger partial charge in [0.05, 0.1) is 22.2 Å². The van der Waals surface area contributed by atoms with Crippen molar-refractivity contribution in [3.8, 4) is 44.5 Å². The maximum atomic E-state index is 4.72. The molecule has 4 aliphatic heterocycles. The van der Waals surface area contributed by atoms with Crippen LogP contribution in [0.2, 0.25) is 0 Å². The first-order chi connectivity index (χ1) is 55.1. The van der Waals surface area contributed by atoms with Crippen molar-refractivity contribution < 1.29 is 0 Å².